The third-order valence-electron chi connectivity index (χ3n) is 3.36. The van der Waals surface area contributed by atoms with Gasteiger partial charge in [0.25, 0.3) is 0 Å². The zero-order valence-corrected chi connectivity index (χ0v) is 14.1. The van der Waals surface area contributed by atoms with E-state index in [0.29, 0.717) is 11.4 Å². The Balaban J connectivity index is 1.74. The van der Waals surface area contributed by atoms with Crippen LogP contribution in [-0.2, 0) is 0 Å². The van der Waals surface area contributed by atoms with Gasteiger partial charge in [0, 0.05) is 0 Å². The second-order valence-corrected chi connectivity index (χ2v) is 5.11. The predicted octanol–water partition coefficient (Wildman–Crippen LogP) is 2.88. The molecule has 0 spiro atoms. The molecule has 0 unspecified atom stereocenters. The highest BCUT2D eigenvalue weighted by Gasteiger charge is 2.16. The summed E-state index contributed by atoms with van der Waals surface area (Å²) in [7, 11) is 0. The molecule has 0 saturated carbocycles. The van der Waals surface area contributed by atoms with E-state index in [1.807, 2.05) is 0 Å². The van der Waals surface area contributed by atoms with Gasteiger partial charge < -0.3 is 14.2 Å². The van der Waals surface area contributed by atoms with Gasteiger partial charge in [-0.15, -0.1) is 5.10 Å². The van der Waals surface area contributed by atoms with Crippen molar-refractivity contribution in [3.8, 4) is 22.9 Å². The highest BCUT2D eigenvalue weighted by atomic mass is 19.3. The molecule has 1 heterocycles. The van der Waals surface area contributed by atoms with Crippen LogP contribution in [0.4, 0.5) is 8.78 Å². The molecule has 0 amide bonds. The molecule has 0 saturated heterocycles. The van der Waals surface area contributed by atoms with Crippen molar-refractivity contribution >= 4 is 5.97 Å². The van der Waals surface area contributed by atoms with Crippen LogP contribution in [0.3, 0.4) is 0 Å². The number of tetrazole rings is 1. The fraction of sp³-hybridized carbons (Fsp3) is 0.176. The van der Waals surface area contributed by atoms with E-state index in [9.17, 15) is 13.6 Å². The Morgan fingerprint density at radius 3 is 2.56 bits per heavy atom. The summed E-state index contributed by atoms with van der Waals surface area (Å²) in [6, 6.07) is 10.3. The summed E-state index contributed by atoms with van der Waals surface area (Å²) in [6.45, 7) is -1.10. The lowest BCUT2D eigenvalue weighted by atomic mass is 10.2. The molecule has 0 aliphatic carbocycles. The second-order valence-electron chi connectivity index (χ2n) is 5.11. The number of halogens is 2. The van der Waals surface area contributed by atoms with Gasteiger partial charge in [0.1, 0.15) is 12.1 Å². The van der Waals surface area contributed by atoms with Crippen molar-refractivity contribution in [1.82, 2.24) is 20.2 Å². The van der Waals surface area contributed by atoms with Crippen molar-refractivity contribution in [2.75, 3.05) is 6.61 Å². The Morgan fingerprint density at radius 1 is 1.15 bits per heavy atom. The van der Waals surface area contributed by atoms with Crippen LogP contribution in [0.5, 0.6) is 17.2 Å². The fourth-order valence-electron chi connectivity index (χ4n) is 2.21. The second kappa shape index (κ2) is 8.21. The molecule has 3 aromatic rings. The van der Waals surface area contributed by atoms with E-state index in [-0.39, 0.29) is 23.7 Å². The Morgan fingerprint density at radius 2 is 1.93 bits per heavy atom. The maximum Gasteiger partial charge on any atom is 0.387 e. The Labute approximate surface area is 152 Å². The number of alkyl halides is 2. The smallest absolute Gasteiger partial charge is 0.387 e. The number of nitrogens with zero attached hydrogens (tertiary/aromatic N) is 4. The number of benzene rings is 2. The van der Waals surface area contributed by atoms with E-state index in [4.69, 9.17) is 9.47 Å². The van der Waals surface area contributed by atoms with Crippen LogP contribution in [0.1, 0.15) is 17.3 Å². The highest BCUT2D eigenvalue weighted by molar-refractivity contribution is 5.91. The molecule has 140 valence electrons. The van der Waals surface area contributed by atoms with Gasteiger partial charge >= 0.3 is 12.6 Å². The minimum Gasteiger partial charge on any atom is -0.490 e. The SMILES string of the molecule is CCOc1cc(C(=O)Oc2ccc(-n3cnnn3)cc2)ccc1OC(F)F. The number of rotatable bonds is 7. The van der Waals surface area contributed by atoms with Gasteiger partial charge in [-0.2, -0.15) is 8.78 Å². The minimum atomic E-state index is -3.00. The molecule has 0 aliphatic heterocycles. The van der Waals surface area contributed by atoms with Gasteiger partial charge in [0.2, 0.25) is 0 Å². The van der Waals surface area contributed by atoms with E-state index in [2.05, 4.69) is 20.3 Å². The minimum absolute atomic E-state index is 0.0290. The lowest BCUT2D eigenvalue weighted by molar-refractivity contribution is -0.0514. The lowest BCUT2D eigenvalue weighted by Crippen LogP contribution is -2.10. The Bertz CT molecular complexity index is 902. The van der Waals surface area contributed by atoms with Gasteiger partial charge in [-0.1, -0.05) is 0 Å². The molecule has 27 heavy (non-hydrogen) atoms. The normalized spacial score (nSPS) is 10.7. The van der Waals surface area contributed by atoms with E-state index in [1.54, 1.807) is 31.2 Å². The van der Waals surface area contributed by atoms with Gasteiger partial charge in [-0.3, -0.25) is 0 Å². The number of hydrogen-bond acceptors (Lipinski definition) is 7. The Hall–Kier alpha value is -3.56. The van der Waals surface area contributed by atoms with E-state index in [0.717, 1.165) is 0 Å². The number of carbonyl (C=O) groups excluding carboxylic acids is 1. The average Bonchev–Trinajstić information content (AvgIpc) is 3.18. The molecule has 0 atom stereocenters. The van der Waals surface area contributed by atoms with Crippen LogP contribution < -0.4 is 14.2 Å². The standard InChI is InChI=1S/C17H14F2N4O4/c1-2-25-15-9-11(3-8-14(15)27-17(18)19)16(24)26-13-6-4-12(5-7-13)23-10-20-21-22-23/h3-10,17H,2H2,1H3. The van der Waals surface area contributed by atoms with Gasteiger partial charge in [-0.25, -0.2) is 9.48 Å². The van der Waals surface area contributed by atoms with Crippen LogP contribution >= 0.6 is 0 Å². The monoisotopic (exact) mass is 376 g/mol. The van der Waals surface area contributed by atoms with Crippen molar-refractivity contribution in [2.24, 2.45) is 0 Å². The average molecular weight is 376 g/mol. The third kappa shape index (κ3) is 4.54. The van der Waals surface area contributed by atoms with E-state index in [1.165, 1.54) is 29.2 Å². The number of esters is 1. The van der Waals surface area contributed by atoms with Gasteiger partial charge in [-0.05, 0) is 59.8 Å². The molecule has 0 N–H and O–H groups in total. The summed E-state index contributed by atoms with van der Waals surface area (Å²) < 4.78 is 41.2. The first kappa shape index (κ1) is 18.2. The number of aromatic nitrogens is 4. The van der Waals surface area contributed by atoms with Crippen LogP contribution in [0.15, 0.2) is 48.8 Å². The summed E-state index contributed by atoms with van der Waals surface area (Å²) in [5.74, 6) is -0.507. The van der Waals surface area contributed by atoms with Crippen molar-refractivity contribution in [3.05, 3.63) is 54.4 Å². The molecule has 0 bridgehead atoms. The number of carbonyl (C=O) groups is 1. The summed E-state index contributed by atoms with van der Waals surface area (Å²) in [4.78, 5) is 12.3. The number of hydrogen-bond donors (Lipinski definition) is 0. The van der Waals surface area contributed by atoms with Crippen LogP contribution in [-0.4, -0.2) is 39.4 Å². The van der Waals surface area contributed by atoms with Crippen molar-refractivity contribution in [1.29, 1.82) is 0 Å². The molecule has 8 nitrogen and oxygen atoms in total. The van der Waals surface area contributed by atoms with Crippen LogP contribution in [0.2, 0.25) is 0 Å². The molecule has 2 aromatic carbocycles. The molecule has 3 rings (SSSR count). The molecular weight excluding hydrogens is 362 g/mol. The maximum atomic E-state index is 12.4. The highest BCUT2D eigenvalue weighted by Crippen LogP contribution is 2.30. The molecule has 1 aromatic heterocycles. The first-order chi connectivity index (χ1) is 13.1. The molecule has 10 heteroatoms. The zero-order valence-electron chi connectivity index (χ0n) is 14.1. The topological polar surface area (TPSA) is 88.4 Å². The predicted molar refractivity (Wildman–Crippen MR) is 88.4 cm³/mol. The lowest BCUT2D eigenvalue weighted by Gasteiger charge is -2.12. The van der Waals surface area contributed by atoms with Crippen LogP contribution in [0.25, 0.3) is 5.69 Å². The fourth-order valence-corrected chi connectivity index (χ4v) is 2.21. The van der Waals surface area contributed by atoms with Crippen molar-refractivity contribution in [3.63, 3.8) is 0 Å². The largest absolute Gasteiger partial charge is 0.490 e. The number of ether oxygens (including phenoxy) is 3. The molecule has 0 aliphatic rings. The Kier molecular flexibility index (Phi) is 5.55. The van der Waals surface area contributed by atoms with Crippen molar-refractivity contribution < 1.29 is 27.8 Å². The van der Waals surface area contributed by atoms with E-state index < -0.39 is 12.6 Å². The summed E-state index contributed by atoms with van der Waals surface area (Å²) in [5.41, 5.74) is 0.816. The molecular formula is C17H14F2N4O4. The summed E-state index contributed by atoms with van der Waals surface area (Å²) in [5, 5.41) is 10.8. The molecule has 0 fully saturated rings. The van der Waals surface area contributed by atoms with Crippen molar-refractivity contribution in [2.45, 2.75) is 13.5 Å². The van der Waals surface area contributed by atoms with E-state index >= 15 is 0 Å². The molecule has 0 radical (unpaired) electrons. The first-order valence-corrected chi connectivity index (χ1v) is 7.84. The summed E-state index contributed by atoms with van der Waals surface area (Å²) in [6.07, 6.45) is 1.43. The van der Waals surface area contributed by atoms with Gasteiger partial charge in [0.15, 0.2) is 11.5 Å². The summed E-state index contributed by atoms with van der Waals surface area (Å²) >= 11 is 0. The maximum absolute atomic E-state index is 12.4. The van der Waals surface area contributed by atoms with Gasteiger partial charge in [0.05, 0.1) is 17.9 Å². The third-order valence-corrected chi connectivity index (χ3v) is 3.36. The quantitative estimate of drug-likeness (QED) is 0.463. The van der Waals surface area contributed by atoms with Crippen LogP contribution in [0, 0.1) is 0 Å². The first-order valence-electron chi connectivity index (χ1n) is 7.84. The zero-order chi connectivity index (χ0) is 19.2.